The van der Waals surface area contributed by atoms with Crippen LogP contribution in [0.1, 0.15) is 13.3 Å². The maximum Gasteiger partial charge on any atom is 0.310 e. The summed E-state index contributed by atoms with van der Waals surface area (Å²) < 4.78 is 14.4. The molecular formula is C11H17N3O3S. The second-order valence-electron chi connectivity index (χ2n) is 4.09. The SMILES string of the molecule is CCOc1c(N)nsc1N1CCC(C(=O)OC)C1. The number of nitrogens with zero attached hydrogens (tertiary/aromatic N) is 2. The Kier molecular flexibility index (Phi) is 3.90. The number of anilines is 2. The Morgan fingerprint density at radius 3 is 3.11 bits per heavy atom. The average molecular weight is 271 g/mol. The lowest BCUT2D eigenvalue weighted by molar-refractivity contribution is -0.144. The first kappa shape index (κ1) is 12.9. The molecule has 2 rings (SSSR count). The topological polar surface area (TPSA) is 77.7 Å². The fourth-order valence-corrected chi connectivity index (χ4v) is 2.87. The summed E-state index contributed by atoms with van der Waals surface area (Å²) in [5, 5.41) is 0.903. The molecule has 0 aromatic carbocycles. The summed E-state index contributed by atoms with van der Waals surface area (Å²) in [6.07, 6.45) is 0.788. The Morgan fingerprint density at radius 2 is 2.44 bits per heavy atom. The monoisotopic (exact) mass is 271 g/mol. The summed E-state index contributed by atoms with van der Waals surface area (Å²) in [5.41, 5.74) is 5.77. The molecule has 1 aromatic heterocycles. The standard InChI is InChI=1S/C11H17N3O3S/c1-3-17-8-9(12)13-18-10(8)14-5-4-7(6-14)11(15)16-2/h7H,3-6H2,1-2H3,(H2,12,13). The van der Waals surface area contributed by atoms with Crippen molar-refractivity contribution in [1.82, 2.24) is 4.37 Å². The van der Waals surface area contributed by atoms with Gasteiger partial charge in [0.2, 0.25) is 0 Å². The number of hydrogen-bond donors (Lipinski definition) is 1. The summed E-state index contributed by atoms with van der Waals surface area (Å²) in [4.78, 5) is 13.6. The van der Waals surface area contributed by atoms with Gasteiger partial charge in [0.15, 0.2) is 16.6 Å². The van der Waals surface area contributed by atoms with E-state index in [1.54, 1.807) is 0 Å². The van der Waals surface area contributed by atoms with Gasteiger partial charge in [0.1, 0.15) is 0 Å². The molecule has 18 heavy (non-hydrogen) atoms. The van der Waals surface area contributed by atoms with Crippen LogP contribution in [0.2, 0.25) is 0 Å². The molecule has 1 unspecified atom stereocenters. The minimum Gasteiger partial charge on any atom is -0.487 e. The molecule has 1 aliphatic heterocycles. The van der Waals surface area contributed by atoms with Crippen LogP contribution in [0, 0.1) is 5.92 Å². The zero-order valence-corrected chi connectivity index (χ0v) is 11.3. The number of hydrogen-bond acceptors (Lipinski definition) is 7. The number of esters is 1. The lowest BCUT2D eigenvalue weighted by Crippen LogP contribution is -2.23. The number of methoxy groups -OCH3 is 1. The van der Waals surface area contributed by atoms with Gasteiger partial charge in [-0.15, -0.1) is 0 Å². The van der Waals surface area contributed by atoms with Crippen molar-refractivity contribution in [2.24, 2.45) is 5.92 Å². The van der Waals surface area contributed by atoms with Crippen molar-refractivity contribution < 1.29 is 14.3 Å². The summed E-state index contributed by atoms with van der Waals surface area (Å²) in [6, 6.07) is 0. The van der Waals surface area contributed by atoms with Gasteiger partial charge in [-0.1, -0.05) is 0 Å². The maximum atomic E-state index is 11.5. The quantitative estimate of drug-likeness (QED) is 0.827. The smallest absolute Gasteiger partial charge is 0.310 e. The molecule has 1 saturated heterocycles. The van der Waals surface area contributed by atoms with Crippen molar-refractivity contribution in [1.29, 1.82) is 0 Å². The molecule has 7 heteroatoms. The van der Waals surface area contributed by atoms with Crippen LogP contribution in [0.4, 0.5) is 10.8 Å². The summed E-state index contributed by atoms with van der Waals surface area (Å²) in [5.74, 6) is 0.812. The van der Waals surface area contributed by atoms with Crippen molar-refractivity contribution >= 4 is 28.3 Å². The van der Waals surface area contributed by atoms with E-state index in [2.05, 4.69) is 9.27 Å². The van der Waals surface area contributed by atoms with Crippen LogP contribution in [-0.2, 0) is 9.53 Å². The first-order valence-corrected chi connectivity index (χ1v) is 6.65. The number of ether oxygens (including phenoxy) is 2. The predicted octanol–water partition coefficient (Wildman–Crippen LogP) is 1.12. The number of nitrogens with two attached hydrogens (primary N) is 1. The van der Waals surface area contributed by atoms with Crippen LogP contribution >= 0.6 is 11.5 Å². The van der Waals surface area contributed by atoms with Gasteiger partial charge in [-0.2, -0.15) is 4.37 Å². The molecule has 0 saturated carbocycles. The number of nitrogen functional groups attached to an aromatic ring is 1. The third-order valence-electron chi connectivity index (χ3n) is 2.96. The molecule has 6 nitrogen and oxygen atoms in total. The van der Waals surface area contributed by atoms with Crippen LogP contribution in [-0.4, -0.2) is 37.1 Å². The molecular weight excluding hydrogens is 254 g/mol. The van der Waals surface area contributed by atoms with Crippen molar-refractivity contribution in [2.75, 3.05) is 37.4 Å². The van der Waals surface area contributed by atoms with Gasteiger partial charge in [-0.25, -0.2) is 0 Å². The highest BCUT2D eigenvalue weighted by atomic mass is 32.1. The lowest BCUT2D eigenvalue weighted by Gasteiger charge is -2.17. The van der Waals surface area contributed by atoms with Gasteiger partial charge < -0.3 is 20.1 Å². The first-order chi connectivity index (χ1) is 8.67. The largest absolute Gasteiger partial charge is 0.487 e. The van der Waals surface area contributed by atoms with Crippen molar-refractivity contribution in [2.45, 2.75) is 13.3 Å². The van der Waals surface area contributed by atoms with Gasteiger partial charge in [0.25, 0.3) is 0 Å². The Bertz CT molecular complexity index is 435. The highest BCUT2D eigenvalue weighted by Gasteiger charge is 2.32. The van der Waals surface area contributed by atoms with Gasteiger partial charge >= 0.3 is 5.97 Å². The van der Waals surface area contributed by atoms with Gasteiger partial charge in [-0.3, -0.25) is 4.79 Å². The van der Waals surface area contributed by atoms with Crippen LogP contribution < -0.4 is 15.4 Å². The van der Waals surface area contributed by atoms with Gasteiger partial charge in [-0.05, 0) is 24.9 Å². The Labute approximate surface area is 110 Å². The van der Waals surface area contributed by atoms with Crippen molar-refractivity contribution in [3.8, 4) is 5.75 Å². The minimum absolute atomic E-state index is 0.0761. The second-order valence-corrected chi connectivity index (χ2v) is 4.84. The Hall–Kier alpha value is -1.50. The molecule has 0 amide bonds. The predicted molar refractivity (Wildman–Crippen MR) is 70.0 cm³/mol. The maximum absolute atomic E-state index is 11.5. The Morgan fingerprint density at radius 1 is 1.67 bits per heavy atom. The van der Waals surface area contributed by atoms with Crippen LogP contribution in [0.3, 0.4) is 0 Å². The van der Waals surface area contributed by atoms with Gasteiger partial charge in [0.05, 0.1) is 19.6 Å². The second kappa shape index (κ2) is 5.43. The molecule has 0 spiro atoms. The van der Waals surface area contributed by atoms with Crippen LogP contribution in [0.15, 0.2) is 0 Å². The van der Waals surface area contributed by atoms with Crippen molar-refractivity contribution in [3.63, 3.8) is 0 Å². The first-order valence-electron chi connectivity index (χ1n) is 5.88. The summed E-state index contributed by atoms with van der Waals surface area (Å²) in [6.45, 7) is 3.88. The van der Waals surface area contributed by atoms with E-state index in [9.17, 15) is 4.79 Å². The van der Waals surface area contributed by atoms with Crippen molar-refractivity contribution in [3.05, 3.63) is 0 Å². The summed E-state index contributed by atoms with van der Waals surface area (Å²) in [7, 11) is 1.42. The number of carbonyl (C=O) groups is 1. The third kappa shape index (κ3) is 2.35. The fourth-order valence-electron chi connectivity index (χ4n) is 2.07. The number of carbonyl (C=O) groups excluding carboxylic acids is 1. The number of aromatic nitrogens is 1. The third-order valence-corrected chi connectivity index (χ3v) is 3.86. The van der Waals surface area contributed by atoms with E-state index in [1.165, 1.54) is 18.6 Å². The average Bonchev–Trinajstić information content (AvgIpc) is 2.97. The highest BCUT2D eigenvalue weighted by molar-refractivity contribution is 7.11. The molecule has 1 aliphatic rings. The van der Waals surface area contributed by atoms with E-state index in [-0.39, 0.29) is 11.9 Å². The van der Waals surface area contributed by atoms with E-state index in [0.29, 0.717) is 24.7 Å². The molecule has 1 aromatic rings. The molecule has 0 aliphatic carbocycles. The lowest BCUT2D eigenvalue weighted by atomic mass is 10.1. The van der Waals surface area contributed by atoms with E-state index in [4.69, 9.17) is 15.2 Å². The van der Waals surface area contributed by atoms with E-state index < -0.39 is 0 Å². The van der Waals surface area contributed by atoms with Crippen LogP contribution in [0.5, 0.6) is 5.75 Å². The number of rotatable bonds is 4. The molecule has 2 heterocycles. The minimum atomic E-state index is -0.159. The molecule has 0 radical (unpaired) electrons. The zero-order valence-electron chi connectivity index (χ0n) is 10.5. The molecule has 1 fully saturated rings. The normalized spacial score (nSPS) is 19.0. The van der Waals surface area contributed by atoms with Crippen LogP contribution in [0.25, 0.3) is 0 Å². The fraction of sp³-hybridized carbons (Fsp3) is 0.636. The molecule has 100 valence electrons. The van der Waals surface area contributed by atoms with Gasteiger partial charge in [0, 0.05) is 13.1 Å². The molecule has 1 atom stereocenters. The highest BCUT2D eigenvalue weighted by Crippen LogP contribution is 2.40. The Balaban J connectivity index is 2.11. The van der Waals surface area contributed by atoms with E-state index in [1.807, 2.05) is 6.92 Å². The molecule has 0 bridgehead atoms. The zero-order chi connectivity index (χ0) is 13.1. The van der Waals surface area contributed by atoms with E-state index in [0.717, 1.165) is 18.0 Å². The molecule has 2 N–H and O–H groups in total. The summed E-state index contributed by atoms with van der Waals surface area (Å²) >= 11 is 1.31. The van der Waals surface area contributed by atoms with E-state index >= 15 is 0 Å².